The van der Waals surface area contributed by atoms with E-state index in [1.807, 2.05) is 18.3 Å². The monoisotopic (exact) mass is 646 g/mol. The van der Waals surface area contributed by atoms with Gasteiger partial charge in [-0.2, -0.15) is 0 Å². The summed E-state index contributed by atoms with van der Waals surface area (Å²) in [5.74, 6) is 0.747. The zero-order chi connectivity index (χ0) is 30.4. The molecule has 5 heterocycles. The Morgan fingerprint density at radius 3 is 1.96 bits per heavy atom. The molecule has 0 radical (unpaired) electrons. The molecule has 0 fully saturated rings. The van der Waals surface area contributed by atoms with Crippen molar-refractivity contribution in [2.45, 2.75) is 32.2 Å². The van der Waals surface area contributed by atoms with Crippen LogP contribution in [0.3, 0.4) is 0 Å². The van der Waals surface area contributed by atoms with Crippen LogP contribution in [0, 0.1) is 0 Å². The molecule has 1 aliphatic heterocycles. The highest BCUT2D eigenvalue weighted by atomic mass is 35.5. The molecule has 3 aromatic carbocycles. The highest BCUT2D eigenvalue weighted by Gasteiger charge is 2.13. The number of aryl methyl sites for hydroxylation is 4. The van der Waals surface area contributed by atoms with Gasteiger partial charge in [0.05, 0.1) is 16.6 Å². The number of thiazole rings is 2. The summed E-state index contributed by atoms with van der Waals surface area (Å²) >= 11 is 9.20. The molecule has 0 atom stereocenters. The van der Waals surface area contributed by atoms with Crippen molar-refractivity contribution < 1.29 is 0 Å². The molecule has 0 amide bonds. The largest absolute Gasteiger partial charge is 0.338 e. The number of hydrogen-bond donors (Lipinski definition) is 1. The van der Waals surface area contributed by atoms with Crippen LogP contribution in [0.2, 0.25) is 5.15 Å². The third-order valence-electron chi connectivity index (χ3n) is 7.28. The van der Waals surface area contributed by atoms with Gasteiger partial charge in [0, 0.05) is 24.7 Å². The number of benzene rings is 3. The van der Waals surface area contributed by atoms with E-state index in [9.17, 15) is 0 Å². The van der Waals surface area contributed by atoms with E-state index in [2.05, 4.69) is 102 Å². The van der Waals surface area contributed by atoms with Gasteiger partial charge < -0.3 is 5.32 Å². The van der Waals surface area contributed by atoms with Gasteiger partial charge in [-0.15, -0.1) is 0 Å². The maximum atomic E-state index is 5.98. The molecule has 1 N–H and O–H groups in total. The molecule has 11 heteroatoms. The Labute approximate surface area is 273 Å². The molecule has 0 bridgehead atoms. The van der Waals surface area contributed by atoms with E-state index in [0.717, 1.165) is 74.5 Å². The van der Waals surface area contributed by atoms with Gasteiger partial charge in [0.25, 0.3) is 0 Å². The van der Waals surface area contributed by atoms with Crippen LogP contribution in [0.1, 0.15) is 32.3 Å². The Hall–Kier alpha value is -4.64. The van der Waals surface area contributed by atoms with Crippen LogP contribution >= 0.6 is 34.3 Å². The van der Waals surface area contributed by atoms with Gasteiger partial charge in [-0.3, -0.25) is 4.99 Å². The third kappa shape index (κ3) is 7.04. The SMILES string of the molecule is C1=NCc2ccc(Nc3ncnc4sc(CCc5ccccc5)nc34)cc21.Clc1ncnc2sc(CCc3ccccc3)nc12. The van der Waals surface area contributed by atoms with Gasteiger partial charge in [-0.1, -0.05) is 101 Å². The van der Waals surface area contributed by atoms with E-state index in [1.165, 1.54) is 23.0 Å². The number of fused-ring (bicyclic) bond motifs is 3. The first-order valence-electron chi connectivity index (χ1n) is 14.5. The number of rotatable bonds is 8. The summed E-state index contributed by atoms with van der Waals surface area (Å²) in [4.78, 5) is 32.3. The molecule has 0 spiro atoms. The fraction of sp³-hybridized carbons (Fsp3) is 0.147. The quantitative estimate of drug-likeness (QED) is 0.167. The molecule has 0 aliphatic carbocycles. The summed E-state index contributed by atoms with van der Waals surface area (Å²) in [6.07, 6.45) is 8.75. The molecule has 222 valence electrons. The normalized spacial score (nSPS) is 11.8. The molecule has 45 heavy (non-hydrogen) atoms. The lowest BCUT2D eigenvalue weighted by Crippen LogP contribution is -1.97. The zero-order valence-corrected chi connectivity index (χ0v) is 26.5. The van der Waals surface area contributed by atoms with Gasteiger partial charge >= 0.3 is 0 Å². The second-order valence-electron chi connectivity index (χ2n) is 10.4. The molecule has 0 unspecified atom stereocenters. The number of aromatic nitrogens is 6. The van der Waals surface area contributed by atoms with Gasteiger partial charge in [-0.05, 0) is 47.2 Å². The number of nitrogens with zero attached hydrogens (tertiary/aromatic N) is 7. The van der Waals surface area contributed by atoms with Crippen molar-refractivity contribution in [3.63, 3.8) is 0 Å². The molecule has 7 aromatic rings. The molecular formula is C34H27ClN8S2. The highest BCUT2D eigenvalue weighted by Crippen LogP contribution is 2.29. The Morgan fingerprint density at radius 2 is 1.29 bits per heavy atom. The van der Waals surface area contributed by atoms with Crippen LogP contribution in [0.5, 0.6) is 0 Å². The summed E-state index contributed by atoms with van der Waals surface area (Å²) in [6.45, 7) is 0.768. The fourth-order valence-electron chi connectivity index (χ4n) is 4.98. The minimum Gasteiger partial charge on any atom is -0.338 e. The summed E-state index contributed by atoms with van der Waals surface area (Å²) in [5, 5.41) is 5.96. The van der Waals surface area contributed by atoms with Crippen molar-refractivity contribution in [1.82, 2.24) is 29.9 Å². The number of nitrogens with one attached hydrogen (secondary N) is 1. The topological polar surface area (TPSA) is 102 Å². The lowest BCUT2D eigenvalue weighted by molar-refractivity contribution is 0.948. The average molecular weight is 647 g/mol. The second-order valence-corrected chi connectivity index (χ2v) is 12.9. The Balaban J connectivity index is 0.000000157. The van der Waals surface area contributed by atoms with Crippen molar-refractivity contribution in [3.8, 4) is 0 Å². The number of hydrogen-bond acceptors (Lipinski definition) is 10. The van der Waals surface area contributed by atoms with Crippen LogP contribution in [0.15, 0.2) is 96.5 Å². The molecule has 1 aliphatic rings. The first-order valence-corrected chi connectivity index (χ1v) is 16.5. The van der Waals surface area contributed by atoms with Gasteiger partial charge in [0.2, 0.25) is 0 Å². The Kier molecular flexibility index (Phi) is 8.76. The van der Waals surface area contributed by atoms with Gasteiger partial charge in [-0.25, -0.2) is 29.9 Å². The standard InChI is InChI=1S/C21H17N5S.C13H10ClN3S/c1-2-4-14(5-3-1)6-9-18-26-19-20(23-13-24-21(19)27-18)25-17-8-7-15-11-22-12-16(15)10-17;14-12-11-13(16-8-15-12)18-10(17-11)7-6-9-4-2-1-3-5-9/h1-5,7-8,10,12-13H,6,9,11H2,(H,23,24,25);1-5,8H,6-7H2. The van der Waals surface area contributed by atoms with Crippen LogP contribution in [0.4, 0.5) is 11.5 Å². The second kappa shape index (κ2) is 13.6. The van der Waals surface area contributed by atoms with Crippen LogP contribution in [-0.4, -0.2) is 36.1 Å². The van der Waals surface area contributed by atoms with E-state index in [1.54, 1.807) is 29.0 Å². The third-order valence-corrected chi connectivity index (χ3v) is 9.60. The minimum atomic E-state index is 0.433. The van der Waals surface area contributed by atoms with E-state index >= 15 is 0 Å². The first kappa shape index (κ1) is 29.1. The van der Waals surface area contributed by atoms with Gasteiger partial charge in [0.1, 0.15) is 33.3 Å². The molecule has 8 rings (SSSR count). The van der Waals surface area contributed by atoms with Crippen LogP contribution < -0.4 is 5.32 Å². The number of halogens is 1. The van der Waals surface area contributed by atoms with Crippen molar-refractivity contribution in [1.29, 1.82) is 0 Å². The summed E-state index contributed by atoms with van der Waals surface area (Å²) in [6, 6.07) is 27.1. The van der Waals surface area contributed by atoms with E-state index < -0.39 is 0 Å². The van der Waals surface area contributed by atoms with Gasteiger partial charge in [0.15, 0.2) is 11.0 Å². The molecule has 0 saturated carbocycles. The van der Waals surface area contributed by atoms with Crippen molar-refractivity contribution >= 4 is 72.7 Å². The fourth-order valence-corrected chi connectivity index (χ4v) is 7.02. The van der Waals surface area contributed by atoms with E-state index in [-0.39, 0.29) is 0 Å². The lowest BCUT2D eigenvalue weighted by Gasteiger charge is -2.07. The summed E-state index contributed by atoms with van der Waals surface area (Å²) in [7, 11) is 0. The zero-order valence-electron chi connectivity index (χ0n) is 24.1. The Bertz CT molecular complexity index is 2090. The van der Waals surface area contributed by atoms with Crippen LogP contribution in [0.25, 0.3) is 20.7 Å². The van der Waals surface area contributed by atoms with Crippen molar-refractivity contribution in [2.75, 3.05) is 5.32 Å². The average Bonchev–Trinajstić information content (AvgIpc) is 3.83. The number of anilines is 2. The molecule has 0 saturated heterocycles. The lowest BCUT2D eigenvalue weighted by atomic mass is 10.1. The van der Waals surface area contributed by atoms with E-state index in [0.29, 0.717) is 10.7 Å². The smallest absolute Gasteiger partial charge is 0.161 e. The van der Waals surface area contributed by atoms with Crippen molar-refractivity contribution in [2.24, 2.45) is 4.99 Å². The van der Waals surface area contributed by atoms with Crippen LogP contribution in [-0.2, 0) is 32.2 Å². The maximum absolute atomic E-state index is 5.98. The predicted octanol–water partition coefficient (Wildman–Crippen LogP) is 8.07. The molecule has 8 nitrogen and oxygen atoms in total. The summed E-state index contributed by atoms with van der Waals surface area (Å²) < 4.78 is 0. The predicted molar refractivity (Wildman–Crippen MR) is 184 cm³/mol. The molecular weight excluding hydrogens is 620 g/mol. The minimum absolute atomic E-state index is 0.433. The first-order chi connectivity index (χ1) is 22.2. The van der Waals surface area contributed by atoms with E-state index in [4.69, 9.17) is 16.6 Å². The summed E-state index contributed by atoms with van der Waals surface area (Å²) in [5.41, 5.74) is 7.58. The number of aliphatic imine (C=N–C) groups is 1. The maximum Gasteiger partial charge on any atom is 0.161 e. The highest BCUT2D eigenvalue weighted by molar-refractivity contribution is 7.18. The molecule has 4 aromatic heterocycles. The Morgan fingerprint density at radius 1 is 0.667 bits per heavy atom. The van der Waals surface area contributed by atoms with Crippen molar-refractivity contribution in [3.05, 3.63) is 129 Å².